The molecule has 0 aromatic carbocycles. The number of aromatic nitrogens is 1. The number of nitrogens with zero attached hydrogens (tertiary/aromatic N) is 2. The molecule has 2 N–H and O–H groups in total. The molecule has 3 rings (SSSR count). The lowest BCUT2D eigenvalue weighted by Gasteiger charge is -2.32. The van der Waals surface area contributed by atoms with Crippen molar-refractivity contribution in [1.29, 1.82) is 0 Å². The summed E-state index contributed by atoms with van der Waals surface area (Å²) >= 11 is 3.61. The van der Waals surface area contributed by atoms with E-state index in [-0.39, 0.29) is 0 Å². The summed E-state index contributed by atoms with van der Waals surface area (Å²) in [5.74, 6) is 0.868. The van der Waals surface area contributed by atoms with Gasteiger partial charge in [-0.25, -0.2) is 0 Å². The standard InChI is InChI=1S/C14H20BrN3/c15-11-8-17-9-12(16)14(11)18-7-3-6-13(18)10-4-1-2-5-10/h8-10,13H,1-7,16H2. The van der Waals surface area contributed by atoms with E-state index in [2.05, 4.69) is 25.8 Å². The summed E-state index contributed by atoms with van der Waals surface area (Å²) in [6.45, 7) is 1.13. The summed E-state index contributed by atoms with van der Waals surface area (Å²) in [5, 5.41) is 0. The average molecular weight is 310 g/mol. The van der Waals surface area contributed by atoms with Crippen LogP contribution in [0.4, 0.5) is 11.4 Å². The minimum absolute atomic E-state index is 0.688. The van der Waals surface area contributed by atoms with E-state index in [1.54, 1.807) is 6.20 Å². The topological polar surface area (TPSA) is 42.1 Å². The fraction of sp³-hybridized carbons (Fsp3) is 0.643. The van der Waals surface area contributed by atoms with Crippen molar-refractivity contribution < 1.29 is 0 Å². The lowest BCUT2D eigenvalue weighted by atomic mass is 9.95. The van der Waals surface area contributed by atoms with E-state index in [1.165, 1.54) is 44.2 Å². The third kappa shape index (κ3) is 2.11. The Labute approximate surface area is 117 Å². The lowest BCUT2D eigenvalue weighted by molar-refractivity contribution is 0.431. The minimum atomic E-state index is 0.688. The van der Waals surface area contributed by atoms with E-state index in [9.17, 15) is 0 Å². The van der Waals surface area contributed by atoms with Crippen LogP contribution >= 0.6 is 15.9 Å². The molecule has 3 nitrogen and oxygen atoms in total. The Morgan fingerprint density at radius 1 is 1.17 bits per heavy atom. The summed E-state index contributed by atoms with van der Waals surface area (Å²) in [4.78, 5) is 6.66. The van der Waals surface area contributed by atoms with Gasteiger partial charge in [0.25, 0.3) is 0 Å². The summed E-state index contributed by atoms with van der Waals surface area (Å²) in [6, 6.07) is 0.688. The minimum Gasteiger partial charge on any atom is -0.396 e. The van der Waals surface area contributed by atoms with Crippen LogP contribution in [-0.2, 0) is 0 Å². The van der Waals surface area contributed by atoms with E-state index in [4.69, 9.17) is 5.73 Å². The molecule has 1 saturated carbocycles. The Kier molecular flexibility index (Phi) is 3.46. The number of halogens is 1. The van der Waals surface area contributed by atoms with Crippen molar-refractivity contribution in [3.05, 3.63) is 16.9 Å². The van der Waals surface area contributed by atoms with Crippen LogP contribution in [0.5, 0.6) is 0 Å². The summed E-state index contributed by atoms with van der Waals surface area (Å²) in [5.41, 5.74) is 8.09. The fourth-order valence-corrected chi connectivity index (χ4v) is 4.22. The average Bonchev–Trinajstić information content (AvgIpc) is 2.98. The van der Waals surface area contributed by atoms with Crippen LogP contribution in [0.25, 0.3) is 0 Å². The molecule has 0 amide bonds. The zero-order valence-electron chi connectivity index (χ0n) is 10.6. The van der Waals surface area contributed by atoms with Crippen molar-refractivity contribution in [2.24, 2.45) is 5.92 Å². The van der Waals surface area contributed by atoms with Crippen molar-refractivity contribution >= 4 is 27.3 Å². The van der Waals surface area contributed by atoms with Gasteiger partial charge in [-0.3, -0.25) is 4.98 Å². The number of hydrogen-bond acceptors (Lipinski definition) is 3. The third-order valence-electron chi connectivity index (χ3n) is 4.43. The van der Waals surface area contributed by atoms with Crippen molar-refractivity contribution in [3.8, 4) is 0 Å². The van der Waals surface area contributed by atoms with Gasteiger partial charge in [0.05, 0.1) is 22.0 Å². The Morgan fingerprint density at radius 2 is 1.94 bits per heavy atom. The van der Waals surface area contributed by atoms with Crippen LogP contribution in [0.15, 0.2) is 16.9 Å². The molecular formula is C14H20BrN3. The number of nitrogen functional groups attached to an aromatic ring is 1. The molecule has 1 aromatic rings. The summed E-state index contributed by atoms with van der Waals surface area (Å²) in [6.07, 6.45) is 11.8. The Balaban J connectivity index is 1.90. The Bertz CT molecular complexity index is 409. The van der Waals surface area contributed by atoms with Gasteiger partial charge in [0, 0.05) is 18.8 Å². The van der Waals surface area contributed by atoms with Crippen LogP contribution in [0.1, 0.15) is 38.5 Å². The van der Waals surface area contributed by atoms with E-state index >= 15 is 0 Å². The second kappa shape index (κ2) is 5.08. The molecule has 18 heavy (non-hydrogen) atoms. The second-order valence-electron chi connectivity index (χ2n) is 5.51. The first-order valence-corrected chi connectivity index (χ1v) is 7.72. The first kappa shape index (κ1) is 12.3. The molecule has 2 fully saturated rings. The maximum absolute atomic E-state index is 6.13. The molecule has 1 unspecified atom stereocenters. The molecule has 0 radical (unpaired) electrons. The van der Waals surface area contributed by atoms with Gasteiger partial charge in [0.15, 0.2) is 0 Å². The van der Waals surface area contributed by atoms with Crippen molar-refractivity contribution in [2.45, 2.75) is 44.6 Å². The summed E-state index contributed by atoms with van der Waals surface area (Å²) < 4.78 is 1.03. The van der Waals surface area contributed by atoms with Crippen molar-refractivity contribution in [3.63, 3.8) is 0 Å². The van der Waals surface area contributed by atoms with Crippen LogP contribution in [0.3, 0.4) is 0 Å². The molecular weight excluding hydrogens is 290 g/mol. The molecule has 0 bridgehead atoms. The zero-order valence-corrected chi connectivity index (χ0v) is 12.2. The van der Waals surface area contributed by atoms with Crippen LogP contribution in [0.2, 0.25) is 0 Å². The quantitative estimate of drug-likeness (QED) is 0.908. The van der Waals surface area contributed by atoms with E-state index in [0.717, 1.165) is 22.6 Å². The van der Waals surface area contributed by atoms with E-state index < -0.39 is 0 Å². The molecule has 1 aliphatic carbocycles. The molecule has 1 atom stereocenters. The number of hydrogen-bond donors (Lipinski definition) is 1. The highest BCUT2D eigenvalue weighted by Gasteiger charge is 2.34. The molecule has 98 valence electrons. The second-order valence-corrected chi connectivity index (χ2v) is 6.36. The summed E-state index contributed by atoms with van der Waals surface area (Å²) in [7, 11) is 0. The maximum atomic E-state index is 6.13. The predicted octanol–water partition coefficient (Wildman–Crippen LogP) is 3.59. The highest BCUT2D eigenvalue weighted by Crippen LogP contribution is 2.41. The van der Waals surface area contributed by atoms with Gasteiger partial charge in [-0.05, 0) is 47.5 Å². The maximum Gasteiger partial charge on any atom is 0.0778 e. The van der Waals surface area contributed by atoms with Gasteiger partial charge >= 0.3 is 0 Å². The monoisotopic (exact) mass is 309 g/mol. The van der Waals surface area contributed by atoms with Gasteiger partial charge in [0.1, 0.15) is 0 Å². The zero-order chi connectivity index (χ0) is 12.5. The van der Waals surface area contributed by atoms with Crippen LogP contribution in [0, 0.1) is 5.92 Å². The normalized spacial score (nSPS) is 24.9. The first-order chi connectivity index (χ1) is 8.77. The number of pyridine rings is 1. The molecule has 2 heterocycles. The SMILES string of the molecule is Nc1cncc(Br)c1N1CCCC1C1CCCC1. The number of nitrogens with two attached hydrogens (primary N) is 1. The van der Waals surface area contributed by atoms with Crippen molar-refractivity contribution in [2.75, 3.05) is 17.2 Å². The van der Waals surface area contributed by atoms with E-state index in [1.807, 2.05) is 6.20 Å². The molecule has 1 saturated heterocycles. The van der Waals surface area contributed by atoms with Gasteiger partial charge < -0.3 is 10.6 Å². The van der Waals surface area contributed by atoms with Gasteiger partial charge in [-0.1, -0.05) is 12.8 Å². The number of anilines is 2. The first-order valence-electron chi connectivity index (χ1n) is 6.93. The molecule has 2 aliphatic rings. The molecule has 1 aromatic heterocycles. The highest BCUT2D eigenvalue weighted by atomic mass is 79.9. The largest absolute Gasteiger partial charge is 0.396 e. The highest BCUT2D eigenvalue weighted by molar-refractivity contribution is 9.10. The molecule has 1 aliphatic heterocycles. The molecule has 4 heteroatoms. The Hall–Kier alpha value is -0.770. The van der Waals surface area contributed by atoms with Crippen LogP contribution < -0.4 is 10.6 Å². The number of rotatable bonds is 2. The van der Waals surface area contributed by atoms with E-state index in [0.29, 0.717) is 6.04 Å². The molecule has 0 spiro atoms. The fourth-order valence-electron chi connectivity index (χ4n) is 3.65. The van der Waals surface area contributed by atoms with Crippen LogP contribution in [-0.4, -0.2) is 17.6 Å². The van der Waals surface area contributed by atoms with Gasteiger partial charge in [-0.2, -0.15) is 0 Å². The van der Waals surface area contributed by atoms with Gasteiger partial charge in [0.2, 0.25) is 0 Å². The van der Waals surface area contributed by atoms with Gasteiger partial charge in [-0.15, -0.1) is 0 Å². The van der Waals surface area contributed by atoms with Crippen molar-refractivity contribution in [1.82, 2.24) is 4.98 Å². The lowest BCUT2D eigenvalue weighted by Crippen LogP contribution is -2.35. The Morgan fingerprint density at radius 3 is 2.67 bits per heavy atom. The predicted molar refractivity (Wildman–Crippen MR) is 78.7 cm³/mol. The third-order valence-corrected chi connectivity index (χ3v) is 5.01. The smallest absolute Gasteiger partial charge is 0.0778 e.